The van der Waals surface area contributed by atoms with Gasteiger partial charge >= 0.3 is 0 Å². The first kappa shape index (κ1) is 18.4. The van der Waals surface area contributed by atoms with E-state index in [4.69, 9.17) is 28.4 Å². The molecule has 1 saturated heterocycles. The Balaban J connectivity index is 1.74. The first-order valence-electron chi connectivity index (χ1n) is 7.67. The van der Waals surface area contributed by atoms with Gasteiger partial charge in [-0.15, -0.1) is 0 Å². The number of halogens is 3. The summed E-state index contributed by atoms with van der Waals surface area (Å²) in [6.45, 7) is 0.474. The summed E-state index contributed by atoms with van der Waals surface area (Å²) in [4.78, 5) is 25.5. The molecule has 0 saturated carbocycles. The van der Waals surface area contributed by atoms with E-state index >= 15 is 0 Å². The molecule has 0 bridgehead atoms. The van der Waals surface area contributed by atoms with Crippen molar-refractivity contribution >= 4 is 46.4 Å². The van der Waals surface area contributed by atoms with Crippen LogP contribution in [0.5, 0.6) is 0 Å². The highest BCUT2D eigenvalue weighted by molar-refractivity contribution is 6.42. The fourth-order valence-electron chi connectivity index (χ4n) is 2.77. The third kappa shape index (κ3) is 3.60. The highest BCUT2D eigenvalue weighted by atomic mass is 35.5. The van der Waals surface area contributed by atoms with Gasteiger partial charge in [-0.05, 0) is 42.8 Å². The normalized spacial score (nSPS) is 16.7. The van der Waals surface area contributed by atoms with Crippen molar-refractivity contribution in [1.82, 2.24) is 5.48 Å². The van der Waals surface area contributed by atoms with Crippen molar-refractivity contribution < 1.29 is 19.2 Å². The molecule has 0 spiro atoms. The molecule has 9 heteroatoms. The number of hydrogen-bond acceptors (Lipinski definition) is 4. The molecular formula is C17H14Cl2FN3O3. The number of amides is 2. The summed E-state index contributed by atoms with van der Waals surface area (Å²) in [7, 11) is 0. The van der Waals surface area contributed by atoms with Gasteiger partial charge in [0.05, 0.1) is 15.6 Å². The lowest BCUT2D eigenvalue weighted by molar-refractivity contribution is -0.117. The van der Waals surface area contributed by atoms with E-state index in [9.17, 15) is 14.0 Å². The number of hydroxylamine groups is 1. The molecule has 3 rings (SSSR count). The second-order valence-electron chi connectivity index (χ2n) is 5.71. The zero-order chi connectivity index (χ0) is 18.8. The van der Waals surface area contributed by atoms with Gasteiger partial charge in [-0.2, -0.15) is 0 Å². The minimum Gasteiger partial charge on any atom is -0.374 e. The zero-order valence-corrected chi connectivity index (χ0v) is 14.8. The smallest absolute Gasteiger partial charge is 0.277 e. The third-order valence-electron chi connectivity index (χ3n) is 4.08. The van der Waals surface area contributed by atoms with Crippen LogP contribution in [0, 0.1) is 5.82 Å². The minimum absolute atomic E-state index is 0.180. The Hall–Kier alpha value is -2.35. The maximum Gasteiger partial charge on any atom is 0.277 e. The van der Waals surface area contributed by atoms with Gasteiger partial charge in [-0.3, -0.25) is 14.8 Å². The van der Waals surface area contributed by atoms with E-state index in [0.29, 0.717) is 34.4 Å². The fourth-order valence-corrected chi connectivity index (χ4v) is 3.07. The first-order chi connectivity index (χ1) is 12.4. The molecule has 26 heavy (non-hydrogen) atoms. The highest BCUT2D eigenvalue weighted by Crippen LogP contribution is 2.30. The molecule has 6 nitrogen and oxygen atoms in total. The molecule has 1 atom stereocenters. The maximum atomic E-state index is 13.9. The number of carbonyl (C=O) groups is 2. The van der Waals surface area contributed by atoms with Crippen LogP contribution in [0.4, 0.5) is 15.8 Å². The molecule has 1 unspecified atom stereocenters. The summed E-state index contributed by atoms with van der Waals surface area (Å²) in [6.07, 6.45) is 0.513. The maximum absolute atomic E-state index is 13.9. The Morgan fingerprint density at radius 3 is 2.62 bits per heavy atom. The number of carbonyl (C=O) groups excluding carboxylic acids is 2. The van der Waals surface area contributed by atoms with E-state index in [-0.39, 0.29) is 11.5 Å². The average Bonchev–Trinajstić information content (AvgIpc) is 2.97. The Kier molecular flexibility index (Phi) is 5.31. The molecule has 2 aromatic carbocycles. The Morgan fingerprint density at radius 2 is 1.96 bits per heavy atom. The molecular weight excluding hydrogens is 384 g/mol. The van der Waals surface area contributed by atoms with Crippen molar-refractivity contribution in [3.63, 3.8) is 0 Å². The summed E-state index contributed by atoms with van der Waals surface area (Å²) >= 11 is 11.9. The van der Waals surface area contributed by atoms with E-state index in [1.54, 1.807) is 23.1 Å². The summed E-state index contributed by atoms with van der Waals surface area (Å²) in [5.41, 5.74) is 2.06. The van der Waals surface area contributed by atoms with Crippen molar-refractivity contribution in [2.45, 2.75) is 12.5 Å². The summed E-state index contributed by atoms with van der Waals surface area (Å²) in [6, 6.07) is 8.18. The fraction of sp³-hybridized carbons (Fsp3) is 0.176. The van der Waals surface area contributed by atoms with Crippen molar-refractivity contribution in [3.05, 3.63) is 57.8 Å². The largest absolute Gasteiger partial charge is 0.374 e. The molecule has 0 aliphatic carbocycles. The lowest BCUT2D eigenvalue weighted by Gasteiger charge is -2.18. The van der Waals surface area contributed by atoms with E-state index in [2.05, 4.69) is 5.32 Å². The van der Waals surface area contributed by atoms with Crippen LogP contribution in [-0.2, 0) is 4.79 Å². The van der Waals surface area contributed by atoms with Gasteiger partial charge in [0.15, 0.2) is 0 Å². The van der Waals surface area contributed by atoms with Crippen LogP contribution in [0.3, 0.4) is 0 Å². The molecule has 1 heterocycles. The first-order valence-corrected chi connectivity index (χ1v) is 8.43. The SMILES string of the molecule is O=C(NO)c1ccc(NC2CCN(c3ccc(Cl)c(Cl)c3)C2=O)cc1F. The Bertz CT molecular complexity index is 878. The lowest BCUT2D eigenvalue weighted by Crippen LogP contribution is -2.33. The predicted octanol–water partition coefficient (Wildman–Crippen LogP) is 3.47. The molecule has 2 aromatic rings. The topological polar surface area (TPSA) is 81.7 Å². The van der Waals surface area contributed by atoms with Crippen LogP contribution < -0.4 is 15.7 Å². The monoisotopic (exact) mass is 397 g/mol. The van der Waals surface area contributed by atoms with Gasteiger partial charge in [0.25, 0.3) is 5.91 Å². The van der Waals surface area contributed by atoms with Gasteiger partial charge in [0.2, 0.25) is 5.91 Å². The number of nitrogens with zero attached hydrogens (tertiary/aromatic N) is 1. The molecule has 1 aliphatic rings. The standard InChI is InChI=1S/C17H14Cl2FN3O3/c18-12-4-2-10(8-13(12)19)23-6-5-15(17(23)25)21-9-1-3-11(14(20)7-9)16(24)22-26/h1-4,7-8,15,21,26H,5-6H2,(H,22,24). The van der Waals surface area contributed by atoms with E-state index in [0.717, 1.165) is 6.07 Å². The van der Waals surface area contributed by atoms with Gasteiger partial charge in [0.1, 0.15) is 11.9 Å². The molecule has 3 N–H and O–H groups in total. The Labute approximate surface area is 158 Å². The van der Waals surface area contributed by atoms with E-state index in [1.807, 2.05) is 0 Å². The quantitative estimate of drug-likeness (QED) is 0.544. The van der Waals surface area contributed by atoms with Crippen LogP contribution in [0.25, 0.3) is 0 Å². The van der Waals surface area contributed by atoms with E-state index < -0.39 is 17.8 Å². The molecule has 1 fully saturated rings. The van der Waals surface area contributed by atoms with Gasteiger partial charge in [0, 0.05) is 17.9 Å². The second-order valence-corrected chi connectivity index (χ2v) is 6.52. The highest BCUT2D eigenvalue weighted by Gasteiger charge is 2.32. The number of nitrogens with one attached hydrogen (secondary N) is 2. The van der Waals surface area contributed by atoms with Crippen LogP contribution in [0.1, 0.15) is 16.8 Å². The molecule has 2 amide bonds. The summed E-state index contributed by atoms with van der Waals surface area (Å²) < 4.78 is 13.9. The van der Waals surface area contributed by atoms with Crippen molar-refractivity contribution in [2.24, 2.45) is 0 Å². The molecule has 1 aliphatic heterocycles. The van der Waals surface area contributed by atoms with Crippen LogP contribution in [0.2, 0.25) is 10.0 Å². The number of benzene rings is 2. The Morgan fingerprint density at radius 1 is 1.19 bits per heavy atom. The van der Waals surface area contributed by atoms with Gasteiger partial charge in [-0.25, -0.2) is 9.87 Å². The average molecular weight is 398 g/mol. The zero-order valence-electron chi connectivity index (χ0n) is 13.3. The van der Waals surface area contributed by atoms with Crippen LogP contribution in [0.15, 0.2) is 36.4 Å². The summed E-state index contributed by atoms with van der Waals surface area (Å²) in [5.74, 6) is -1.94. The number of anilines is 2. The van der Waals surface area contributed by atoms with Gasteiger partial charge < -0.3 is 10.2 Å². The molecule has 0 aromatic heterocycles. The summed E-state index contributed by atoms with van der Waals surface area (Å²) in [5, 5.41) is 12.3. The number of hydrogen-bond donors (Lipinski definition) is 3. The van der Waals surface area contributed by atoms with Crippen molar-refractivity contribution in [3.8, 4) is 0 Å². The lowest BCUT2D eigenvalue weighted by atomic mass is 10.1. The van der Waals surface area contributed by atoms with E-state index in [1.165, 1.54) is 17.6 Å². The molecule has 136 valence electrons. The van der Waals surface area contributed by atoms with Crippen molar-refractivity contribution in [2.75, 3.05) is 16.8 Å². The van der Waals surface area contributed by atoms with Crippen molar-refractivity contribution in [1.29, 1.82) is 0 Å². The van der Waals surface area contributed by atoms with Crippen LogP contribution >= 0.6 is 23.2 Å². The predicted molar refractivity (Wildman–Crippen MR) is 96.5 cm³/mol. The van der Waals surface area contributed by atoms with Crippen LogP contribution in [-0.4, -0.2) is 29.6 Å². The second kappa shape index (κ2) is 7.49. The minimum atomic E-state index is -0.947. The third-order valence-corrected chi connectivity index (χ3v) is 4.82. The number of rotatable bonds is 4. The molecule has 0 radical (unpaired) electrons. The van der Waals surface area contributed by atoms with Gasteiger partial charge in [-0.1, -0.05) is 23.2 Å².